The minimum atomic E-state index is 0.510. The zero-order valence-corrected chi connectivity index (χ0v) is 9.92. The van der Waals surface area contributed by atoms with Crippen LogP contribution in [0.25, 0.3) is 0 Å². The molecular formula is C11H14N4S. The summed E-state index contributed by atoms with van der Waals surface area (Å²) in [6, 6.07) is 3.75. The second-order valence-corrected chi connectivity index (χ2v) is 4.26. The van der Waals surface area contributed by atoms with Crippen LogP contribution in [0, 0.1) is 0 Å². The smallest absolute Gasteiger partial charge is 0.136 e. The van der Waals surface area contributed by atoms with Gasteiger partial charge in [-0.15, -0.1) is 0 Å². The molecule has 0 aliphatic heterocycles. The Balaban J connectivity index is 2.20. The fraction of sp³-hybridized carbons (Fsp3) is 0.273. The van der Waals surface area contributed by atoms with Gasteiger partial charge in [-0.3, -0.25) is 0 Å². The molecule has 0 aromatic carbocycles. The molecule has 0 saturated heterocycles. The van der Waals surface area contributed by atoms with Gasteiger partial charge in [0.1, 0.15) is 17.5 Å². The van der Waals surface area contributed by atoms with Crippen molar-refractivity contribution in [2.24, 2.45) is 0 Å². The zero-order valence-electron chi connectivity index (χ0n) is 9.10. The van der Waals surface area contributed by atoms with Gasteiger partial charge in [-0.1, -0.05) is 6.92 Å². The molecule has 0 saturated carbocycles. The second-order valence-electron chi connectivity index (χ2n) is 3.48. The van der Waals surface area contributed by atoms with Crippen LogP contribution < -0.4 is 11.1 Å². The van der Waals surface area contributed by atoms with Gasteiger partial charge in [0, 0.05) is 17.9 Å². The number of nitrogens with one attached hydrogen (secondary N) is 1. The number of aromatic nitrogens is 2. The summed E-state index contributed by atoms with van der Waals surface area (Å²) in [5.41, 5.74) is 6.76. The van der Waals surface area contributed by atoms with Crippen molar-refractivity contribution in [3.8, 4) is 0 Å². The summed E-state index contributed by atoms with van der Waals surface area (Å²) in [4.78, 5) is 8.58. The molecule has 5 heteroatoms. The fourth-order valence-corrected chi connectivity index (χ4v) is 1.99. The van der Waals surface area contributed by atoms with Gasteiger partial charge in [0.2, 0.25) is 0 Å². The van der Waals surface area contributed by atoms with Crippen LogP contribution in [-0.4, -0.2) is 9.97 Å². The van der Waals surface area contributed by atoms with Crippen LogP contribution in [-0.2, 0) is 6.42 Å². The first-order valence-corrected chi connectivity index (χ1v) is 6.15. The Morgan fingerprint density at radius 2 is 2.31 bits per heavy atom. The summed E-state index contributed by atoms with van der Waals surface area (Å²) in [6.07, 6.45) is 1.87. The van der Waals surface area contributed by atoms with Crippen LogP contribution in [0.4, 0.5) is 17.3 Å². The van der Waals surface area contributed by atoms with Crippen molar-refractivity contribution in [1.29, 1.82) is 0 Å². The number of hydrogen-bond donors (Lipinski definition) is 2. The molecule has 0 fully saturated rings. The van der Waals surface area contributed by atoms with Crippen LogP contribution in [0.15, 0.2) is 22.9 Å². The number of thiophene rings is 1. The van der Waals surface area contributed by atoms with E-state index in [1.807, 2.05) is 16.8 Å². The van der Waals surface area contributed by atoms with Crippen molar-refractivity contribution in [2.75, 3.05) is 11.1 Å². The Hall–Kier alpha value is -1.62. The maximum Gasteiger partial charge on any atom is 0.136 e. The van der Waals surface area contributed by atoms with Crippen LogP contribution in [0.5, 0.6) is 0 Å². The van der Waals surface area contributed by atoms with Gasteiger partial charge in [0.05, 0.1) is 5.69 Å². The number of anilines is 3. The molecule has 3 N–H and O–H groups in total. The van der Waals surface area contributed by atoms with E-state index < -0.39 is 0 Å². The third-order valence-corrected chi connectivity index (χ3v) is 2.74. The van der Waals surface area contributed by atoms with Gasteiger partial charge in [-0.25, -0.2) is 9.97 Å². The van der Waals surface area contributed by atoms with Crippen LogP contribution in [0.2, 0.25) is 0 Å². The van der Waals surface area contributed by atoms with Crippen LogP contribution >= 0.6 is 11.3 Å². The number of nitrogen functional groups attached to an aromatic ring is 1. The first-order chi connectivity index (χ1) is 7.78. The maximum absolute atomic E-state index is 5.73. The summed E-state index contributed by atoms with van der Waals surface area (Å²) < 4.78 is 0. The Kier molecular flexibility index (Phi) is 3.36. The third-order valence-electron chi connectivity index (χ3n) is 2.06. The van der Waals surface area contributed by atoms with Crippen molar-refractivity contribution in [2.45, 2.75) is 19.8 Å². The summed E-state index contributed by atoms with van der Waals surface area (Å²) in [5.74, 6) is 2.06. The van der Waals surface area contributed by atoms with Gasteiger partial charge in [0.15, 0.2) is 0 Å². The molecule has 2 aromatic heterocycles. The van der Waals surface area contributed by atoms with E-state index in [0.717, 1.165) is 30.2 Å². The molecule has 2 rings (SSSR count). The quantitative estimate of drug-likeness (QED) is 0.853. The minimum absolute atomic E-state index is 0.510. The molecule has 2 aromatic rings. The van der Waals surface area contributed by atoms with Gasteiger partial charge in [-0.05, 0) is 17.9 Å². The number of nitrogens with two attached hydrogens (primary N) is 1. The van der Waals surface area contributed by atoms with E-state index in [0.29, 0.717) is 5.82 Å². The molecule has 0 aliphatic carbocycles. The predicted octanol–water partition coefficient (Wildman–Crippen LogP) is 2.82. The lowest BCUT2D eigenvalue weighted by Gasteiger charge is -2.06. The topological polar surface area (TPSA) is 63.8 Å². The van der Waals surface area contributed by atoms with E-state index in [1.165, 1.54) is 0 Å². The van der Waals surface area contributed by atoms with E-state index in [1.54, 1.807) is 17.4 Å². The Bertz CT molecular complexity index is 453. The van der Waals surface area contributed by atoms with E-state index in [2.05, 4.69) is 22.2 Å². The lowest BCUT2D eigenvalue weighted by molar-refractivity contribution is 0.839. The van der Waals surface area contributed by atoms with Crippen LogP contribution in [0.3, 0.4) is 0 Å². The summed E-state index contributed by atoms with van der Waals surface area (Å²) in [7, 11) is 0. The van der Waals surface area contributed by atoms with E-state index in [4.69, 9.17) is 5.73 Å². The molecule has 0 bridgehead atoms. The Morgan fingerprint density at radius 1 is 1.44 bits per heavy atom. The molecule has 4 nitrogen and oxygen atoms in total. The largest absolute Gasteiger partial charge is 0.384 e. The maximum atomic E-state index is 5.73. The van der Waals surface area contributed by atoms with E-state index in [-0.39, 0.29) is 0 Å². The highest BCUT2D eigenvalue weighted by Gasteiger charge is 2.02. The highest BCUT2D eigenvalue weighted by molar-refractivity contribution is 7.08. The zero-order chi connectivity index (χ0) is 11.4. The second kappa shape index (κ2) is 4.94. The summed E-state index contributed by atoms with van der Waals surface area (Å²) in [6.45, 7) is 2.10. The standard InChI is InChI=1S/C11H14N4S/c1-2-3-10-14-9(12)6-11(15-10)13-8-4-5-16-7-8/h4-7H,2-3H2,1H3,(H3,12,13,14,15). The number of nitrogens with zero attached hydrogens (tertiary/aromatic N) is 2. The summed E-state index contributed by atoms with van der Waals surface area (Å²) in [5, 5.41) is 7.24. The molecule has 0 aliphatic rings. The highest BCUT2D eigenvalue weighted by atomic mass is 32.1. The average Bonchev–Trinajstić information content (AvgIpc) is 2.70. The first-order valence-electron chi connectivity index (χ1n) is 5.20. The number of hydrogen-bond acceptors (Lipinski definition) is 5. The van der Waals surface area contributed by atoms with Crippen molar-refractivity contribution >= 4 is 28.7 Å². The van der Waals surface area contributed by atoms with E-state index >= 15 is 0 Å². The number of aryl methyl sites for hydroxylation is 1. The Morgan fingerprint density at radius 3 is 3.00 bits per heavy atom. The van der Waals surface area contributed by atoms with Gasteiger partial charge in [0.25, 0.3) is 0 Å². The summed E-state index contributed by atoms with van der Waals surface area (Å²) >= 11 is 1.64. The third kappa shape index (κ3) is 2.70. The molecule has 2 heterocycles. The molecule has 0 atom stereocenters. The van der Waals surface area contributed by atoms with Crippen molar-refractivity contribution in [1.82, 2.24) is 9.97 Å². The first kappa shape index (κ1) is 10.9. The SMILES string of the molecule is CCCc1nc(N)cc(Nc2ccsc2)n1. The minimum Gasteiger partial charge on any atom is -0.384 e. The fourth-order valence-electron chi connectivity index (χ4n) is 1.40. The van der Waals surface area contributed by atoms with Crippen molar-refractivity contribution in [3.63, 3.8) is 0 Å². The van der Waals surface area contributed by atoms with Crippen molar-refractivity contribution in [3.05, 3.63) is 28.7 Å². The number of rotatable bonds is 4. The van der Waals surface area contributed by atoms with Gasteiger partial charge >= 0.3 is 0 Å². The lowest BCUT2D eigenvalue weighted by atomic mass is 10.3. The van der Waals surface area contributed by atoms with Gasteiger partial charge < -0.3 is 11.1 Å². The molecule has 0 spiro atoms. The van der Waals surface area contributed by atoms with Crippen molar-refractivity contribution < 1.29 is 0 Å². The normalized spacial score (nSPS) is 10.3. The lowest BCUT2D eigenvalue weighted by Crippen LogP contribution is -2.03. The average molecular weight is 234 g/mol. The van der Waals surface area contributed by atoms with Crippen LogP contribution in [0.1, 0.15) is 19.2 Å². The molecule has 16 heavy (non-hydrogen) atoms. The molecule has 0 unspecified atom stereocenters. The molecule has 84 valence electrons. The molecule has 0 amide bonds. The Labute approximate surface area is 98.6 Å². The van der Waals surface area contributed by atoms with Gasteiger partial charge in [-0.2, -0.15) is 11.3 Å². The monoisotopic (exact) mass is 234 g/mol. The predicted molar refractivity (Wildman–Crippen MR) is 68.0 cm³/mol. The van der Waals surface area contributed by atoms with E-state index in [9.17, 15) is 0 Å². The molecular weight excluding hydrogens is 220 g/mol. The molecule has 0 radical (unpaired) electrons. The highest BCUT2D eigenvalue weighted by Crippen LogP contribution is 2.18.